The zero-order valence-electron chi connectivity index (χ0n) is 13.2. The standard InChI is InChI=1S/C16H23N3O3S/c20-14(17-8-3-10-19-9-2-5-15(19)21)4-1-7-18-16(22)13-6-11-23-12-13/h6,11-12H,1-5,7-10H2,(H,17,20)(H,18,22). The predicted octanol–water partition coefficient (Wildman–Crippen LogP) is 1.39. The summed E-state index contributed by atoms with van der Waals surface area (Å²) in [5.41, 5.74) is 0.663. The van der Waals surface area contributed by atoms with Crippen LogP contribution in [0.15, 0.2) is 16.8 Å². The first-order chi connectivity index (χ1) is 11.2. The van der Waals surface area contributed by atoms with Gasteiger partial charge in [-0.15, -0.1) is 0 Å². The number of hydrogen-bond acceptors (Lipinski definition) is 4. The van der Waals surface area contributed by atoms with Gasteiger partial charge < -0.3 is 15.5 Å². The fourth-order valence-corrected chi connectivity index (χ4v) is 3.11. The molecule has 3 amide bonds. The van der Waals surface area contributed by atoms with Crippen molar-refractivity contribution < 1.29 is 14.4 Å². The van der Waals surface area contributed by atoms with E-state index in [0.717, 1.165) is 25.9 Å². The Balaban J connectivity index is 1.47. The van der Waals surface area contributed by atoms with Gasteiger partial charge in [0.05, 0.1) is 0 Å². The highest BCUT2D eigenvalue weighted by Crippen LogP contribution is 2.09. The van der Waals surface area contributed by atoms with E-state index in [-0.39, 0.29) is 17.7 Å². The number of likely N-dealkylation sites (tertiary alicyclic amines) is 1. The van der Waals surface area contributed by atoms with E-state index in [1.807, 2.05) is 10.3 Å². The fourth-order valence-electron chi connectivity index (χ4n) is 2.47. The van der Waals surface area contributed by atoms with Gasteiger partial charge in [-0.05, 0) is 30.7 Å². The average molecular weight is 337 g/mol. The molecule has 23 heavy (non-hydrogen) atoms. The number of rotatable bonds is 9. The molecule has 0 unspecified atom stereocenters. The quantitative estimate of drug-likeness (QED) is 0.668. The van der Waals surface area contributed by atoms with E-state index in [2.05, 4.69) is 10.6 Å². The van der Waals surface area contributed by atoms with E-state index in [9.17, 15) is 14.4 Å². The van der Waals surface area contributed by atoms with Gasteiger partial charge in [0.25, 0.3) is 5.91 Å². The molecule has 2 heterocycles. The van der Waals surface area contributed by atoms with Gasteiger partial charge in [-0.2, -0.15) is 11.3 Å². The molecule has 2 rings (SSSR count). The van der Waals surface area contributed by atoms with Crippen molar-refractivity contribution in [3.63, 3.8) is 0 Å². The second-order valence-electron chi connectivity index (χ2n) is 5.56. The lowest BCUT2D eigenvalue weighted by Gasteiger charge is -2.15. The van der Waals surface area contributed by atoms with Gasteiger partial charge in [-0.3, -0.25) is 14.4 Å². The highest BCUT2D eigenvalue weighted by Gasteiger charge is 2.18. The molecule has 1 aromatic heterocycles. The summed E-state index contributed by atoms with van der Waals surface area (Å²) in [4.78, 5) is 36.6. The van der Waals surface area contributed by atoms with E-state index in [1.54, 1.807) is 11.4 Å². The second kappa shape index (κ2) is 9.29. The minimum absolute atomic E-state index is 0.0115. The number of hydrogen-bond donors (Lipinski definition) is 2. The Bertz CT molecular complexity index is 531. The number of thiophene rings is 1. The van der Waals surface area contributed by atoms with Crippen molar-refractivity contribution in [3.05, 3.63) is 22.4 Å². The van der Waals surface area contributed by atoms with E-state index < -0.39 is 0 Å². The lowest BCUT2D eigenvalue weighted by atomic mass is 10.2. The summed E-state index contributed by atoms with van der Waals surface area (Å²) in [6.07, 6.45) is 3.40. The van der Waals surface area contributed by atoms with Crippen LogP contribution in [0.4, 0.5) is 0 Å². The van der Waals surface area contributed by atoms with Crippen molar-refractivity contribution in [2.45, 2.75) is 32.1 Å². The third-order valence-electron chi connectivity index (χ3n) is 3.75. The Morgan fingerprint density at radius 2 is 2.04 bits per heavy atom. The summed E-state index contributed by atoms with van der Waals surface area (Å²) in [6, 6.07) is 1.78. The van der Waals surface area contributed by atoms with Crippen molar-refractivity contribution >= 4 is 29.1 Å². The molecule has 0 atom stereocenters. The summed E-state index contributed by atoms with van der Waals surface area (Å²) < 4.78 is 0. The summed E-state index contributed by atoms with van der Waals surface area (Å²) in [5, 5.41) is 9.30. The third kappa shape index (κ3) is 6.02. The minimum atomic E-state index is -0.0954. The summed E-state index contributed by atoms with van der Waals surface area (Å²) in [6.45, 7) is 2.64. The highest BCUT2D eigenvalue weighted by molar-refractivity contribution is 7.08. The molecule has 1 saturated heterocycles. The first kappa shape index (κ1) is 17.5. The molecule has 7 heteroatoms. The van der Waals surface area contributed by atoms with Gasteiger partial charge in [0.1, 0.15) is 0 Å². The Kier molecular flexibility index (Phi) is 7.06. The number of carbonyl (C=O) groups excluding carboxylic acids is 3. The molecule has 126 valence electrons. The molecule has 2 N–H and O–H groups in total. The molecular formula is C16H23N3O3S. The first-order valence-corrected chi connectivity index (χ1v) is 8.96. The topological polar surface area (TPSA) is 78.5 Å². The zero-order chi connectivity index (χ0) is 16.5. The SMILES string of the molecule is O=C(CCCNC(=O)c1ccsc1)NCCCN1CCCC1=O. The van der Waals surface area contributed by atoms with Crippen LogP contribution in [-0.2, 0) is 9.59 Å². The number of nitrogens with one attached hydrogen (secondary N) is 2. The summed E-state index contributed by atoms with van der Waals surface area (Å²) >= 11 is 1.48. The lowest BCUT2D eigenvalue weighted by Crippen LogP contribution is -2.31. The van der Waals surface area contributed by atoms with Gasteiger partial charge in [-0.1, -0.05) is 0 Å². The van der Waals surface area contributed by atoms with E-state index in [1.165, 1.54) is 11.3 Å². The normalized spacial score (nSPS) is 14.1. The average Bonchev–Trinajstić information content (AvgIpc) is 3.20. The first-order valence-electron chi connectivity index (χ1n) is 8.01. The van der Waals surface area contributed by atoms with Crippen LogP contribution in [0, 0.1) is 0 Å². The van der Waals surface area contributed by atoms with Crippen LogP contribution in [0.25, 0.3) is 0 Å². The fraction of sp³-hybridized carbons (Fsp3) is 0.562. The van der Waals surface area contributed by atoms with E-state index in [4.69, 9.17) is 0 Å². The largest absolute Gasteiger partial charge is 0.356 e. The van der Waals surface area contributed by atoms with Gasteiger partial charge in [0, 0.05) is 50.0 Å². The molecule has 0 aliphatic carbocycles. The van der Waals surface area contributed by atoms with Crippen LogP contribution < -0.4 is 10.6 Å². The van der Waals surface area contributed by atoms with Crippen molar-refractivity contribution in [1.82, 2.24) is 15.5 Å². The molecule has 1 aliphatic rings. The summed E-state index contributed by atoms with van der Waals surface area (Å²) in [5.74, 6) is 0.113. The van der Waals surface area contributed by atoms with Crippen LogP contribution in [0.5, 0.6) is 0 Å². The maximum Gasteiger partial charge on any atom is 0.252 e. The number of nitrogens with zero attached hydrogens (tertiary/aromatic N) is 1. The van der Waals surface area contributed by atoms with Crippen LogP contribution >= 0.6 is 11.3 Å². The second-order valence-corrected chi connectivity index (χ2v) is 6.34. The molecule has 1 fully saturated rings. The van der Waals surface area contributed by atoms with Gasteiger partial charge in [0.2, 0.25) is 11.8 Å². The molecule has 0 aromatic carbocycles. The van der Waals surface area contributed by atoms with Gasteiger partial charge >= 0.3 is 0 Å². The highest BCUT2D eigenvalue weighted by atomic mass is 32.1. The molecule has 6 nitrogen and oxygen atoms in total. The Hall–Kier alpha value is -1.89. The number of amides is 3. The van der Waals surface area contributed by atoms with Crippen LogP contribution in [0.3, 0.4) is 0 Å². The molecule has 1 aliphatic heterocycles. The van der Waals surface area contributed by atoms with Crippen LogP contribution in [-0.4, -0.2) is 48.8 Å². The number of carbonyl (C=O) groups is 3. The minimum Gasteiger partial charge on any atom is -0.356 e. The predicted molar refractivity (Wildman–Crippen MR) is 89.3 cm³/mol. The van der Waals surface area contributed by atoms with E-state index >= 15 is 0 Å². The molecular weight excluding hydrogens is 314 g/mol. The molecule has 1 aromatic rings. The Morgan fingerprint density at radius 3 is 2.74 bits per heavy atom. The van der Waals surface area contributed by atoms with Crippen molar-refractivity contribution in [1.29, 1.82) is 0 Å². The van der Waals surface area contributed by atoms with Crippen molar-refractivity contribution in [3.8, 4) is 0 Å². The van der Waals surface area contributed by atoms with Gasteiger partial charge in [-0.25, -0.2) is 0 Å². The van der Waals surface area contributed by atoms with Crippen LogP contribution in [0.2, 0.25) is 0 Å². The summed E-state index contributed by atoms with van der Waals surface area (Å²) in [7, 11) is 0. The molecule has 0 spiro atoms. The molecule has 0 radical (unpaired) electrons. The molecule has 0 saturated carbocycles. The maximum atomic E-state index is 11.7. The lowest BCUT2D eigenvalue weighted by molar-refractivity contribution is -0.127. The molecule has 0 bridgehead atoms. The van der Waals surface area contributed by atoms with Gasteiger partial charge in [0.15, 0.2) is 0 Å². The van der Waals surface area contributed by atoms with Crippen LogP contribution in [0.1, 0.15) is 42.5 Å². The third-order valence-corrected chi connectivity index (χ3v) is 4.43. The van der Waals surface area contributed by atoms with Crippen molar-refractivity contribution in [2.24, 2.45) is 0 Å². The smallest absolute Gasteiger partial charge is 0.252 e. The zero-order valence-corrected chi connectivity index (χ0v) is 14.0. The van der Waals surface area contributed by atoms with Crippen molar-refractivity contribution in [2.75, 3.05) is 26.2 Å². The Morgan fingerprint density at radius 1 is 1.22 bits per heavy atom. The monoisotopic (exact) mass is 337 g/mol. The maximum absolute atomic E-state index is 11.7. The Labute approximate surface area is 140 Å². The van der Waals surface area contributed by atoms with E-state index in [0.29, 0.717) is 37.9 Å².